The van der Waals surface area contributed by atoms with Gasteiger partial charge in [0.05, 0.1) is 11.2 Å². The van der Waals surface area contributed by atoms with E-state index in [0.717, 1.165) is 28.8 Å². The molecule has 1 aromatic heterocycles. The topological polar surface area (TPSA) is 39.2 Å². The van der Waals surface area contributed by atoms with Crippen LogP contribution in [0.15, 0.2) is 91.0 Å². The van der Waals surface area contributed by atoms with Gasteiger partial charge in [0.25, 0.3) is 0 Å². The van der Waals surface area contributed by atoms with E-state index >= 15 is 0 Å². The van der Waals surface area contributed by atoms with Gasteiger partial charge in [0.2, 0.25) is 0 Å². The number of Topliss-reactive ketones (excluding diaryl/α,β-unsaturated/α-hetero) is 1. The van der Waals surface area contributed by atoms with E-state index in [1.807, 2.05) is 84.9 Å². The Morgan fingerprint density at radius 2 is 1.54 bits per heavy atom. The minimum absolute atomic E-state index is 0.145. The zero-order valence-electron chi connectivity index (χ0n) is 15.5. The van der Waals surface area contributed by atoms with Crippen LogP contribution in [-0.4, -0.2) is 10.8 Å². The van der Waals surface area contributed by atoms with E-state index in [4.69, 9.17) is 4.74 Å². The highest BCUT2D eigenvalue weighted by Crippen LogP contribution is 2.17. The summed E-state index contributed by atoms with van der Waals surface area (Å²) in [5.74, 6) is 0.876. The van der Waals surface area contributed by atoms with Crippen LogP contribution >= 0.6 is 0 Å². The summed E-state index contributed by atoms with van der Waals surface area (Å²) >= 11 is 0. The summed E-state index contributed by atoms with van der Waals surface area (Å²) in [6.45, 7) is 0.395. The Labute approximate surface area is 164 Å². The van der Waals surface area contributed by atoms with E-state index in [9.17, 15) is 4.79 Å². The predicted octanol–water partition coefficient (Wildman–Crippen LogP) is 5.63. The van der Waals surface area contributed by atoms with Crippen molar-refractivity contribution in [2.24, 2.45) is 0 Å². The average Bonchev–Trinajstić information content (AvgIpc) is 2.77. The van der Waals surface area contributed by atoms with Crippen LogP contribution in [0, 0.1) is 0 Å². The predicted molar refractivity (Wildman–Crippen MR) is 112 cm³/mol. The molecule has 138 valence electrons. The first-order valence-corrected chi connectivity index (χ1v) is 9.42. The number of benzene rings is 3. The number of carbonyl (C=O) groups is 1. The standard InChI is InChI=1S/C25H21NO2/c27-25(17-10-19-6-2-1-3-7-19)21-12-15-23(16-13-21)28-18-22-14-11-20-8-4-5-9-24(20)26-22/h1-9,11-16H,10,17-18H2. The zero-order valence-corrected chi connectivity index (χ0v) is 15.5. The number of ketones is 1. The summed E-state index contributed by atoms with van der Waals surface area (Å²) in [5, 5.41) is 1.12. The van der Waals surface area contributed by atoms with E-state index < -0.39 is 0 Å². The number of pyridine rings is 1. The fourth-order valence-electron chi connectivity index (χ4n) is 3.13. The van der Waals surface area contributed by atoms with Crippen molar-refractivity contribution in [2.75, 3.05) is 0 Å². The van der Waals surface area contributed by atoms with Gasteiger partial charge in [-0.1, -0.05) is 54.6 Å². The van der Waals surface area contributed by atoms with Crippen LogP contribution < -0.4 is 4.74 Å². The quantitative estimate of drug-likeness (QED) is 0.397. The number of ether oxygens (including phenoxy) is 1. The molecule has 28 heavy (non-hydrogen) atoms. The van der Waals surface area contributed by atoms with Gasteiger partial charge in [-0.2, -0.15) is 0 Å². The second kappa shape index (κ2) is 8.49. The first kappa shape index (κ1) is 17.9. The fourth-order valence-corrected chi connectivity index (χ4v) is 3.13. The molecule has 0 bridgehead atoms. The Balaban J connectivity index is 1.34. The minimum Gasteiger partial charge on any atom is -0.487 e. The summed E-state index contributed by atoms with van der Waals surface area (Å²) < 4.78 is 5.83. The van der Waals surface area contributed by atoms with Gasteiger partial charge in [0.1, 0.15) is 12.4 Å². The Bertz CT molecular complexity index is 1070. The Morgan fingerprint density at radius 3 is 2.36 bits per heavy atom. The number of aromatic nitrogens is 1. The van der Waals surface area contributed by atoms with Crippen LogP contribution in [-0.2, 0) is 13.0 Å². The molecule has 0 unspecified atom stereocenters. The number of fused-ring (bicyclic) bond motifs is 1. The molecule has 3 aromatic carbocycles. The lowest BCUT2D eigenvalue weighted by Gasteiger charge is -2.08. The molecule has 0 aliphatic carbocycles. The summed E-state index contributed by atoms with van der Waals surface area (Å²) in [6, 6.07) is 29.5. The van der Waals surface area contributed by atoms with Crippen LogP contribution in [0.3, 0.4) is 0 Å². The zero-order chi connectivity index (χ0) is 19.2. The monoisotopic (exact) mass is 367 g/mol. The summed E-state index contributed by atoms with van der Waals surface area (Å²) in [7, 11) is 0. The number of rotatable bonds is 7. The number of aryl methyl sites for hydroxylation is 1. The molecule has 0 amide bonds. The van der Waals surface area contributed by atoms with Gasteiger partial charge in [-0.3, -0.25) is 4.79 Å². The first-order chi connectivity index (χ1) is 13.8. The number of nitrogens with zero attached hydrogens (tertiary/aromatic N) is 1. The highest BCUT2D eigenvalue weighted by atomic mass is 16.5. The molecule has 4 rings (SSSR count). The van der Waals surface area contributed by atoms with E-state index in [1.54, 1.807) is 0 Å². The summed E-state index contributed by atoms with van der Waals surface area (Å²) in [6.07, 6.45) is 1.26. The van der Waals surface area contributed by atoms with Gasteiger partial charge in [0.15, 0.2) is 5.78 Å². The normalized spacial score (nSPS) is 10.7. The van der Waals surface area contributed by atoms with Gasteiger partial charge >= 0.3 is 0 Å². The van der Waals surface area contributed by atoms with Crippen LogP contribution in [0.1, 0.15) is 28.0 Å². The van der Waals surface area contributed by atoms with Gasteiger partial charge in [0, 0.05) is 17.4 Å². The van der Waals surface area contributed by atoms with Crippen LogP contribution in [0.4, 0.5) is 0 Å². The maximum Gasteiger partial charge on any atom is 0.163 e. The lowest BCUT2D eigenvalue weighted by atomic mass is 10.0. The van der Waals surface area contributed by atoms with Crippen molar-refractivity contribution in [1.82, 2.24) is 4.98 Å². The van der Waals surface area contributed by atoms with E-state index in [-0.39, 0.29) is 5.78 Å². The molecule has 0 saturated carbocycles. The third-order valence-corrected chi connectivity index (χ3v) is 4.70. The van der Waals surface area contributed by atoms with Crippen LogP contribution in [0.2, 0.25) is 0 Å². The van der Waals surface area contributed by atoms with Crippen molar-refractivity contribution in [3.8, 4) is 5.75 Å². The SMILES string of the molecule is O=C(CCc1ccccc1)c1ccc(OCc2ccc3ccccc3n2)cc1. The highest BCUT2D eigenvalue weighted by Gasteiger charge is 2.07. The largest absolute Gasteiger partial charge is 0.487 e. The number of para-hydroxylation sites is 1. The Hall–Kier alpha value is -3.46. The molecular weight excluding hydrogens is 346 g/mol. The number of hydrogen-bond acceptors (Lipinski definition) is 3. The molecular formula is C25H21NO2. The molecule has 0 radical (unpaired) electrons. The highest BCUT2D eigenvalue weighted by molar-refractivity contribution is 5.96. The molecule has 0 N–H and O–H groups in total. The van der Waals surface area contributed by atoms with Crippen molar-refractivity contribution >= 4 is 16.7 Å². The summed E-state index contributed by atoms with van der Waals surface area (Å²) in [4.78, 5) is 17.0. The molecule has 0 atom stereocenters. The van der Waals surface area contributed by atoms with E-state index in [1.165, 1.54) is 5.56 Å². The second-order valence-corrected chi connectivity index (χ2v) is 6.72. The van der Waals surface area contributed by atoms with E-state index in [2.05, 4.69) is 11.1 Å². The van der Waals surface area contributed by atoms with Crippen LogP contribution in [0.25, 0.3) is 10.9 Å². The molecule has 0 spiro atoms. The molecule has 0 aliphatic heterocycles. The molecule has 1 heterocycles. The third-order valence-electron chi connectivity index (χ3n) is 4.70. The average molecular weight is 367 g/mol. The van der Waals surface area contributed by atoms with Crippen molar-refractivity contribution in [1.29, 1.82) is 0 Å². The minimum atomic E-state index is 0.145. The van der Waals surface area contributed by atoms with Crippen molar-refractivity contribution < 1.29 is 9.53 Å². The maximum atomic E-state index is 12.4. The fraction of sp³-hybridized carbons (Fsp3) is 0.120. The summed E-state index contributed by atoms with van der Waals surface area (Å²) in [5.41, 5.74) is 3.73. The van der Waals surface area contributed by atoms with E-state index in [0.29, 0.717) is 18.6 Å². The molecule has 0 fully saturated rings. The Morgan fingerprint density at radius 1 is 0.786 bits per heavy atom. The van der Waals surface area contributed by atoms with Gasteiger partial charge in [-0.25, -0.2) is 4.98 Å². The van der Waals surface area contributed by atoms with Crippen molar-refractivity contribution in [3.63, 3.8) is 0 Å². The molecule has 0 saturated heterocycles. The molecule has 0 aliphatic rings. The van der Waals surface area contributed by atoms with Gasteiger partial charge in [-0.15, -0.1) is 0 Å². The van der Waals surface area contributed by atoms with Crippen molar-refractivity contribution in [3.05, 3.63) is 108 Å². The molecule has 4 aromatic rings. The Kier molecular flexibility index (Phi) is 5.43. The molecule has 3 nitrogen and oxygen atoms in total. The van der Waals surface area contributed by atoms with Gasteiger partial charge in [-0.05, 0) is 48.4 Å². The smallest absolute Gasteiger partial charge is 0.163 e. The van der Waals surface area contributed by atoms with Crippen LogP contribution in [0.5, 0.6) is 5.75 Å². The third kappa shape index (κ3) is 4.44. The van der Waals surface area contributed by atoms with Crippen molar-refractivity contribution in [2.45, 2.75) is 19.4 Å². The first-order valence-electron chi connectivity index (χ1n) is 9.42. The number of carbonyl (C=O) groups excluding carboxylic acids is 1. The van der Waals surface area contributed by atoms with Gasteiger partial charge < -0.3 is 4.74 Å². The number of hydrogen-bond donors (Lipinski definition) is 0. The lowest BCUT2D eigenvalue weighted by Crippen LogP contribution is -2.02. The molecule has 3 heteroatoms. The second-order valence-electron chi connectivity index (χ2n) is 6.72. The lowest BCUT2D eigenvalue weighted by molar-refractivity contribution is 0.0983. The maximum absolute atomic E-state index is 12.4.